The average molecular weight is 559 g/mol. The largest absolute Gasteiger partial charge is 0.508 e. The van der Waals surface area contributed by atoms with Crippen LogP contribution in [0.15, 0.2) is 84.9 Å². The summed E-state index contributed by atoms with van der Waals surface area (Å²) in [4.78, 5) is 30.2. The van der Waals surface area contributed by atoms with Gasteiger partial charge in [-0.15, -0.1) is 0 Å². The molecule has 0 unspecified atom stereocenters. The van der Waals surface area contributed by atoms with E-state index in [1.807, 2.05) is 30.3 Å². The standard InChI is InChI=1S/C35H30N2O5/c38-25-9-4-22(5-10-25)24-8-14-29-31(20-24)37-33(28-15-11-26(39)21-30(28)35(37)41)32(29)34(40)23-6-12-27(13-7-23)42-19-18-36-16-2-1-3-17-36/h4-15,20-21,38-39H,1-3,16-19H2. The normalized spacial score (nSPS) is 14.6. The minimum Gasteiger partial charge on any atom is -0.508 e. The third-order valence-electron chi connectivity index (χ3n) is 8.33. The predicted octanol–water partition coefficient (Wildman–Crippen LogP) is 6.48. The first-order valence-electron chi connectivity index (χ1n) is 14.3. The molecule has 7 rings (SSSR count). The Kier molecular flexibility index (Phi) is 6.52. The monoisotopic (exact) mass is 558 g/mol. The predicted molar refractivity (Wildman–Crippen MR) is 162 cm³/mol. The van der Waals surface area contributed by atoms with Gasteiger partial charge in [0.15, 0.2) is 5.78 Å². The zero-order chi connectivity index (χ0) is 28.8. The Labute approximate surface area is 243 Å². The fourth-order valence-corrected chi connectivity index (χ4v) is 6.18. The van der Waals surface area contributed by atoms with Gasteiger partial charge < -0.3 is 14.9 Å². The van der Waals surface area contributed by atoms with Gasteiger partial charge in [-0.2, -0.15) is 0 Å². The summed E-state index contributed by atoms with van der Waals surface area (Å²) in [5, 5.41) is 20.5. The second kappa shape index (κ2) is 10.5. The first kappa shape index (κ1) is 26.0. The average Bonchev–Trinajstić information content (AvgIpc) is 3.49. The van der Waals surface area contributed by atoms with E-state index in [4.69, 9.17) is 4.74 Å². The summed E-state index contributed by atoms with van der Waals surface area (Å²) in [5.74, 6) is 0.385. The summed E-state index contributed by atoms with van der Waals surface area (Å²) in [7, 11) is 0. The van der Waals surface area contributed by atoms with E-state index in [0.717, 1.165) is 30.8 Å². The lowest BCUT2D eigenvalue weighted by atomic mass is 9.95. The van der Waals surface area contributed by atoms with Crippen molar-refractivity contribution in [1.29, 1.82) is 0 Å². The third-order valence-corrected chi connectivity index (χ3v) is 8.33. The molecule has 2 aliphatic heterocycles. The number of carbonyl (C=O) groups excluding carboxylic acids is 2. The zero-order valence-electron chi connectivity index (χ0n) is 23.0. The summed E-state index contributed by atoms with van der Waals surface area (Å²) >= 11 is 0. The summed E-state index contributed by atoms with van der Waals surface area (Å²) in [6.07, 6.45) is 3.78. The number of ether oxygens (including phenoxy) is 1. The molecule has 3 heterocycles. The van der Waals surface area contributed by atoms with Crippen LogP contribution in [0.2, 0.25) is 0 Å². The van der Waals surface area contributed by atoms with Gasteiger partial charge in [0.2, 0.25) is 0 Å². The van der Waals surface area contributed by atoms with Gasteiger partial charge in [-0.1, -0.05) is 30.7 Å². The molecule has 5 aromatic rings. The number of carbonyl (C=O) groups is 2. The molecule has 1 aromatic heterocycles. The lowest BCUT2D eigenvalue weighted by Gasteiger charge is -2.26. The number of aromatic nitrogens is 1. The summed E-state index contributed by atoms with van der Waals surface area (Å²) < 4.78 is 7.55. The van der Waals surface area contributed by atoms with Crippen LogP contribution in [0.25, 0.3) is 33.3 Å². The van der Waals surface area contributed by atoms with Crippen molar-refractivity contribution in [3.05, 3.63) is 102 Å². The number of nitrogens with zero attached hydrogens (tertiary/aromatic N) is 2. The Balaban J connectivity index is 1.26. The molecule has 0 saturated carbocycles. The molecule has 7 heteroatoms. The van der Waals surface area contributed by atoms with E-state index in [0.29, 0.717) is 51.2 Å². The Morgan fingerprint density at radius 2 is 1.48 bits per heavy atom. The highest BCUT2D eigenvalue weighted by atomic mass is 16.5. The first-order chi connectivity index (χ1) is 20.5. The Morgan fingerprint density at radius 3 is 2.24 bits per heavy atom. The van der Waals surface area contributed by atoms with Crippen molar-refractivity contribution >= 4 is 22.6 Å². The molecule has 42 heavy (non-hydrogen) atoms. The van der Waals surface area contributed by atoms with Crippen molar-refractivity contribution in [2.45, 2.75) is 19.3 Å². The maximum absolute atomic E-state index is 14.1. The highest BCUT2D eigenvalue weighted by molar-refractivity contribution is 6.26. The molecule has 210 valence electrons. The molecule has 1 saturated heterocycles. The molecular formula is C35H30N2O5. The van der Waals surface area contributed by atoms with Crippen LogP contribution in [0.5, 0.6) is 17.2 Å². The van der Waals surface area contributed by atoms with Gasteiger partial charge in [-0.3, -0.25) is 19.1 Å². The van der Waals surface area contributed by atoms with Crippen LogP contribution in [0.4, 0.5) is 0 Å². The Bertz CT molecular complexity index is 1830. The highest BCUT2D eigenvalue weighted by Gasteiger charge is 2.35. The number of benzene rings is 4. The van der Waals surface area contributed by atoms with Gasteiger partial charge in [0.05, 0.1) is 22.3 Å². The van der Waals surface area contributed by atoms with Crippen molar-refractivity contribution in [3.63, 3.8) is 0 Å². The van der Waals surface area contributed by atoms with Crippen molar-refractivity contribution < 1.29 is 24.5 Å². The van der Waals surface area contributed by atoms with Crippen LogP contribution in [-0.2, 0) is 0 Å². The van der Waals surface area contributed by atoms with Gasteiger partial charge in [-0.25, -0.2) is 0 Å². The third kappa shape index (κ3) is 4.52. The molecule has 7 nitrogen and oxygen atoms in total. The lowest BCUT2D eigenvalue weighted by molar-refractivity contribution is 0.0973. The van der Waals surface area contributed by atoms with Crippen molar-refractivity contribution in [3.8, 4) is 39.6 Å². The number of likely N-dealkylation sites (tertiary alicyclic amines) is 1. The molecule has 4 aromatic carbocycles. The molecule has 0 atom stereocenters. The van der Waals surface area contributed by atoms with Gasteiger partial charge in [-0.05, 0) is 97.7 Å². The summed E-state index contributed by atoms with van der Waals surface area (Å²) in [6, 6.07) is 24.4. The number of phenolic OH excluding ortho intramolecular Hbond substituents is 2. The molecular weight excluding hydrogens is 528 g/mol. The zero-order valence-corrected chi connectivity index (χ0v) is 23.0. The van der Waals surface area contributed by atoms with E-state index in [2.05, 4.69) is 4.90 Å². The first-order valence-corrected chi connectivity index (χ1v) is 14.3. The number of fused-ring (bicyclic) bond motifs is 5. The van der Waals surface area contributed by atoms with Crippen LogP contribution in [0, 0.1) is 0 Å². The maximum Gasteiger partial charge on any atom is 0.263 e. The number of ketones is 1. The van der Waals surface area contributed by atoms with E-state index in [1.54, 1.807) is 47.0 Å². The van der Waals surface area contributed by atoms with E-state index in [-0.39, 0.29) is 23.2 Å². The van der Waals surface area contributed by atoms with E-state index < -0.39 is 0 Å². The molecule has 0 amide bonds. The smallest absolute Gasteiger partial charge is 0.263 e. The summed E-state index contributed by atoms with van der Waals surface area (Å²) in [6.45, 7) is 3.72. The minimum absolute atomic E-state index is 0.00862. The molecule has 0 spiro atoms. The van der Waals surface area contributed by atoms with E-state index in [9.17, 15) is 19.8 Å². The number of aromatic hydroxyl groups is 2. The number of rotatable bonds is 7. The maximum atomic E-state index is 14.1. The van der Waals surface area contributed by atoms with Crippen LogP contribution in [0.1, 0.15) is 45.5 Å². The second-order valence-electron chi connectivity index (χ2n) is 11.0. The van der Waals surface area contributed by atoms with E-state index in [1.165, 1.54) is 31.4 Å². The Morgan fingerprint density at radius 1 is 0.762 bits per heavy atom. The molecule has 1 fully saturated rings. The van der Waals surface area contributed by atoms with Crippen molar-refractivity contribution in [1.82, 2.24) is 9.47 Å². The highest BCUT2D eigenvalue weighted by Crippen LogP contribution is 2.44. The van der Waals surface area contributed by atoms with Crippen LogP contribution in [0.3, 0.4) is 0 Å². The van der Waals surface area contributed by atoms with Crippen LogP contribution in [-0.4, -0.2) is 57.6 Å². The molecule has 0 aliphatic carbocycles. The minimum atomic E-state index is -0.291. The topological polar surface area (TPSA) is 92.0 Å². The van der Waals surface area contributed by atoms with Gasteiger partial charge >= 0.3 is 0 Å². The molecule has 2 aliphatic rings. The van der Waals surface area contributed by atoms with Crippen LogP contribution >= 0.6 is 0 Å². The lowest BCUT2D eigenvalue weighted by Crippen LogP contribution is -2.33. The Hall–Kier alpha value is -4.88. The van der Waals surface area contributed by atoms with Crippen molar-refractivity contribution in [2.75, 3.05) is 26.2 Å². The molecule has 0 radical (unpaired) electrons. The number of hydrogen-bond acceptors (Lipinski definition) is 6. The van der Waals surface area contributed by atoms with Crippen LogP contribution < -0.4 is 4.74 Å². The summed E-state index contributed by atoms with van der Waals surface area (Å²) in [5.41, 5.74) is 4.76. The van der Waals surface area contributed by atoms with E-state index >= 15 is 0 Å². The van der Waals surface area contributed by atoms with Gasteiger partial charge in [0, 0.05) is 23.1 Å². The number of hydrogen-bond donors (Lipinski definition) is 2. The second-order valence-corrected chi connectivity index (χ2v) is 11.0. The van der Waals surface area contributed by atoms with Gasteiger partial charge in [0.25, 0.3) is 5.91 Å². The SMILES string of the molecule is O=C(c1ccc(OCCN2CCCCC2)cc1)c1c2n(c3cc(-c4ccc(O)cc4)ccc13)C(=O)c1cc(O)ccc1-2. The van der Waals surface area contributed by atoms with Crippen molar-refractivity contribution in [2.24, 2.45) is 0 Å². The number of phenols is 2. The fourth-order valence-electron chi connectivity index (χ4n) is 6.18. The molecule has 2 N–H and O–H groups in total. The fraction of sp³-hybridized carbons (Fsp3) is 0.200. The quantitative estimate of drug-likeness (QED) is 0.218. The van der Waals surface area contributed by atoms with Gasteiger partial charge in [0.1, 0.15) is 23.9 Å². The number of piperidine rings is 1. The molecule has 0 bridgehead atoms.